The monoisotopic (exact) mass is 562 g/mol. The fraction of sp³-hybridized carbons (Fsp3) is 0.320. The number of nitrogens with two attached hydrogens (primary N) is 2. The lowest BCUT2D eigenvalue weighted by molar-refractivity contribution is -0.870. The van der Waals surface area contributed by atoms with Crippen LogP contribution in [0.3, 0.4) is 0 Å². The second-order valence-electron chi connectivity index (χ2n) is 9.65. The molecule has 0 saturated heterocycles. The minimum absolute atomic E-state index is 0. The molecule has 38 heavy (non-hydrogen) atoms. The zero-order valence-corrected chi connectivity index (χ0v) is 23.6. The average Bonchev–Trinajstić information content (AvgIpc) is 3.50. The summed E-state index contributed by atoms with van der Waals surface area (Å²) in [6, 6.07) is 11.6. The predicted molar refractivity (Wildman–Crippen MR) is 142 cm³/mol. The van der Waals surface area contributed by atoms with Gasteiger partial charge in [-0.2, -0.15) is 0 Å². The Bertz CT molecular complexity index is 1440. The second kappa shape index (κ2) is 13.2. The first kappa shape index (κ1) is 30.6. The highest BCUT2D eigenvalue weighted by Crippen LogP contribution is 2.24. The highest BCUT2D eigenvalue weighted by atomic mass is 35.5. The fourth-order valence-electron chi connectivity index (χ4n) is 3.60. The molecule has 0 aliphatic rings. The van der Waals surface area contributed by atoms with Crippen LogP contribution in [-0.2, 0) is 13.6 Å². The molecule has 5 N–H and O–H groups in total. The summed E-state index contributed by atoms with van der Waals surface area (Å²) in [5, 5.41) is 12.0. The van der Waals surface area contributed by atoms with Gasteiger partial charge >= 0.3 is 0 Å². The Labute approximate surface area is 235 Å². The molecule has 13 heteroatoms. The zero-order chi connectivity index (χ0) is 25.7. The average molecular weight is 564 g/mol. The zero-order valence-electron chi connectivity index (χ0n) is 22.1. The normalized spacial score (nSPS) is 10.8. The number of nitrogens with zero attached hydrogens (tertiary/aromatic N) is 7. The molecule has 5 rings (SSSR count). The molecule has 0 aromatic carbocycles. The summed E-state index contributed by atoms with van der Waals surface area (Å²) in [5.41, 5.74) is 15.1. The molecule has 5 aromatic heterocycles. The quantitative estimate of drug-likeness (QED) is 0.130. The lowest BCUT2D eigenvalue weighted by atomic mass is 10.3. The van der Waals surface area contributed by atoms with E-state index in [0.29, 0.717) is 23.9 Å². The van der Waals surface area contributed by atoms with Crippen LogP contribution in [0.1, 0.15) is 0 Å². The summed E-state index contributed by atoms with van der Waals surface area (Å²) in [5.74, 6) is 1.26. The van der Waals surface area contributed by atoms with Gasteiger partial charge in [0.25, 0.3) is 5.88 Å². The maximum atomic E-state index is 6.07. The number of aryl methyl sites for hydroxylation is 1. The first-order chi connectivity index (χ1) is 17.2. The minimum Gasteiger partial charge on any atom is -1.00 e. The van der Waals surface area contributed by atoms with Gasteiger partial charge in [0.1, 0.15) is 43.5 Å². The van der Waals surface area contributed by atoms with Crippen molar-refractivity contribution in [2.45, 2.75) is 6.54 Å². The van der Waals surface area contributed by atoms with E-state index in [1.807, 2.05) is 79.1 Å². The van der Waals surface area contributed by atoms with Gasteiger partial charge in [0, 0.05) is 12.4 Å². The number of likely N-dealkylation sites (N-methyl/N-ethyl adjacent to an activating group) is 1. The number of halogens is 2. The van der Waals surface area contributed by atoms with Crippen molar-refractivity contribution in [3.8, 4) is 5.88 Å². The number of nitrogens with one attached hydrogen (secondary N) is 1. The summed E-state index contributed by atoms with van der Waals surface area (Å²) in [6.45, 7) is 3.17. The van der Waals surface area contributed by atoms with Crippen molar-refractivity contribution >= 4 is 28.2 Å². The van der Waals surface area contributed by atoms with E-state index >= 15 is 0 Å². The Kier molecular flexibility index (Phi) is 10.6. The number of imidazole rings is 1. The Morgan fingerprint density at radius 3 is 2.11 bits per heavy atom. The Balaban J connectivity index is 0.000000255. The van der Waals surface area contributed by atoms with Crippen LogP contribution in [0.25, 0.3) is 11.0 Å². The number of hydrogen-bond donors (Lipinski definition) is 3. The summed E-state index contributed by atoms with van der Waals surface area (Å²) in [7, 11) is 8.37. The minimum atomic E-state index is 0. The van der Waals surface area contributed by atoms with Gasteiger partial charge in [0.15, 0.2) is 5.82 Å². The van der Waals surface area contributed by atoms with Crippen LogP contribution >= 0.6 is 0 Å². The number of anilines is 3. The molecule has 11 nitrogen and oxygen atoms in total. The topological polar surface area (TPSA) is 117 Å². The largest absolute Gasteiger partial charge is 1.00 e. The number of aromatic nitrogens is 6. The molecular formula is C25H36Cl2N10O. The van der Waals surface area contributed by atoms with Crippen LogP contribution in [0.5, 0.6) is 5.88 Å². The van der Waals surface area contributed by atoms with Crippen LogP contribution in [0, 0.1) is 0 Å². The van der Waals surface area contributed by atoms with E-state index in [9.17, 15) is 0 Å². The molecule has 0 aliphatic heterocycles. The van der Waals surface area contributed by atoms with Crippen LogP contribution in [0.15, 0.2) is 67.5 Å². The third-order valence-electron chi connectivity index (χ3n) is 5.61. The lowest BCUT2D eigenvalue weighted by Gasteiger charge is -2.23. The van der Waals surface area contributed by atoms with Crippen molar-refractivity contribution in [1.82, 2.24) is 23.8 Å². The van der Waals surface area contributed by atoms with Crippen LogP contribution in [0.2, 0.25) is 0 Å². The molecule has 0 amide bonds. The second-order valence-corrected chi connectivity index (χ2v) is 9.65. The van der Waals surface area contributed by atoms with Crippen molar-refractivity contribution in [2.24, 2.45) is 7.05 Å². The maximum Gasteiger partial charge on any atom is 0.257 e. The van der Waals surface area contributed by atoms with Crippen LogP contribution < -0.4 is 50.9 Å². The van der Waals surface area contributed by atoms with Crippen molar-refractivity contribution in [1.29, 1.82) is 0 Å². The van der Waals surface area contributed by atoms with E-state index in [2.05, 4.69) is 41.2 Å². The summed E-state index contributed by atoms with van der Waals surface area (Å²) in [4.78, 5) is 0. The third kappa shape index (κ3) is 7.67. The summed E-state index contributed by atoms with van der Waals surface area (Å²) < 4.78 is 14.1. The molecule has 5 heterocycles. The molecule has 0 saturated carbocycles. The number of hydrogen-bond acceptors (Lipinski definition) is 6. The van der Waals surface area contributed by atoms with Crippen LogP contribution in [-0.4, -0.2) is 69.1 Å². The molecule has 5 aromatic rings. The van der Waals surface area contributed by atoms with Gasteiger partial charge in [0.05, 0.1) is 45.8 Å². The van der Waals surface area contributed by atoms with Gasteiger partial charge in [-0.15, -0.1) is 10.2 Å². The van der Waals surface area contributed by atoms with E-state index in [-0.39, 0.29) is 24.8 Å². The molecule has 0 aliphatic carbocycles. The van der Waals surface area contributed by atoms with Gasteiger partial charge in [0.2, 0.25) is 6.33 Å². The van der Waals surface area contributed by atoms with Crippen molar-refractivity contribution in [2.75, 3.05) is 57.6 Å². The molecule has 206 valence electrons. The number of quaternary nitrogens is 1. The highest BCUT2D eigenvalue weighted by molar-refractivity contribution is 5.80. The smallest absolute Gasteiger partial charge is 0.257 e. The van der Waals surface area contributed by atoms with Gasteiger partial charge in [-0.1, -0.05) is 12.1 Å². The summed E-state index contributed by atoms with van der Waals surface area (Å²) in [6.07, 6.45) is 9.84. The van der Waals surface area contributed by atoms with Gasteiger partial charge in [-0.3, -0.25) is 0 Å². The van der Waals surface area contributed by atoms with Gasteiger partial charge < -0.3 is 50.8 Å². The number of nitrogen functional groups attached to an aromatic ring is 2. The van der Waals surface area contributed by atoms with Crippen molar-refractivity contribution in [3.63, 3.8) is 0 Å². The van der Waals surface area contributed by atoms with E-state index in [4.69, 9.17) is 16.2 Å². The number of pyridine rings is 2. The summed E-state index contributed by atoms with van der Waals surface area (Å²) >= 11 is 0. The molecule has 0 atom stereocenters. The Morgan fingerprint density at radius 2 is 1.55 bits per heavy atom. The lowest BCUT2D eigenvalue weighted by Crippen LogP contribution is -3.00. The maximum absolute atomic E-state index is 6.07. The first-order valence-electron chi connectivity index (χ1n) is 11.8. The van der Waals surface area contributed by atoms with Crippen molar-refractivity contribution < 1.29 is 38.6 Å². The first-order valence-corrected chi connectivity index (χ1v) is 11.8. The van der Waals surface area contributed by atoms with Crippen molar-refractivity contribution in [3.05, 3.63) is 67.5 Å². The molecule has 0 bridgehead atoms. The Morgan fingerprint density at radius 1 is 0.921 bits per heavy atom. The SMILES string of the molecule is C[N+](C)(C)CCOc1nn2ccccc2c1N.C[n+]1ccn(CCNc2nn3ccccc3c2N)c1.[Cl-].[Cl-]. The number of fused-ring (bicyclic) bond motifs is 2. The van der Waals surface area contributed by atoms with E-state index < -0.39 is 0 Å². The molecule has 0 spiro atoms. The van der Waals surface area contributed by atoms with E-state index in [0.717, 1.165) is 41.0 Å². The standard InChI is InChI=1S/C13H17N6.C12H19N4O.2ClH/c1-17-8-9-18(10-17)7-5-15-13-12(14)11-4-2-3-6-19(11)16-13;1-16(2,3)8-9-17-12-11(13)10-6-4-5-7-15(10)14-12;;/h2-4,6,8-10H,5,7,14H2,1H3,(H,15,16);4-7H,8-9,13H2,1-3H3;2*1H/q2*+1;;/p-2. The molecule has 0 radical (unpaired) electrons. The highest BCUT2D eigenvalue weighted by Gasteiger charge is 2.13. The van der Waals surface area contributed by atoms with Gasteiger partial charge in [-0.05, 0) is 24.3 Å². The molecule has 0 fully saturated rings. The Hall–Kier alpha value is -3.67. The van der Waals surface area contributed by atoms with E-state index in [1.54, 1.807) is 9.03 Å². The van der Waals surface area contributed by atoms with Crippen LogP contribution in [0.4, 0.5) is 17.2 Å². The third-order valence-corrected chi connectivity index (χ3v) is 5.61. The molecular weight excluding hydrogens is 527 g/mol. The number of rotatable bonds is 8. The van der Waals surface area contributed by atoms with Gasteiger partial charge in [-0.25, -0.2) is 18.2 Å². The fourth-order valence-corrected chi connectivity index (χ4v) is 3.60. The number of ether oxygens (including phenoxy) is 1. The predicted octanol–water partition coefficient (Wildman–Crippen LogP) is -4.34. The molecule has 0 unspecified atom stereocenters. The van der Waals surface area contributed by atoms with E-state index in [1.165, 1.54) is 0 Å².